The molecule has 0 aliphatic rings. The molecular formula is C19H21N3O4. The molecule has 7 nitrogen and oxygen atoms in total. The number of amidine groups is 2. The number of hydrogen-bond acceptors (Lipinski definition) is 5. The van der Waals surface area contributed by atoms with Crippen molar-refractivity contribution in [3.05, 3.63) is 54.6 Å². The number of benzene rings is 2. The van der Waals surface area contributed by atoms with Crippen LogP contribution in [0, 0.1) is 0 Å². The molecule has 136 valence electrons. The largest absolute Gasteiger partial charge is 0.461 e. The van der Waals surface area contributed by atoms with Gasteiger partial charge in [-0.25, -0.2) is 9.79 Å². The fraction of sp³-hybridized carbons (Fsp3) is 0.211. The molecule has 0 radical (unpaired) electrons. The van der Waals surface area contributed by atoms with Crippen molar-refractivity contribution in [2.45, 2.75) is 6.92 Å². The van der Waals surface area contributed by atoms with Crippen molar-refractivity contribution in [1.82, 2.24) is 0 Å². The molecule has 0 bridgehead atoms. The Morgan fingerprint density at radius 3 is 2.50 bits per heavy atom. The van der Waals surface area contributed by atoms with Crippen molar-refractivity contribution in [3.63, 3.8) is 0 Å². The van der Waals surface area contributed by atoms with Gasteiger partial charge in [-0.1, -0.05) is 36.9 Å². The highest BCUT2D eigenvalue weighted by atomic mass is 16.6. The second-order valence-electron chi connectivity index (χ2n) is 5.33. The highest BCUT2D eigenvalue weighted by Gasteiger charge is 2.06. The van der Waals surface area contributed by atoms with E-state index in [2.05, 4.69) is 16.6 Å². The first-order valence-electron chi connectivity index (χ1n) is 7.92. The minimum atomic E-state index is -0.487. The van der Waals surface area contributed by atoms with Crippen LogP contribution in [0.25, 0.3) is 10.8 Å². The van der Waals surface area contributed by atoms with Gasteiger partial charge in [0.1, 0.15) is 19.0 Å². The van der Waals surface area contributed by atoms with E-state index >= 15 is 0 Å². The number of carbonyl (C=O) groups excluding carboxylic acids is 1. The molecule has 0 amide bonds. The van der Waals surface area contributed by atoms with Crippen LogP contribution in [0.15, 0.2) is 64.6 Å². The number of nitrogens with zero attached hydrogens (tertiary/aromatic N) is 2. The highest BCUT2D eigenvalue weighted by molar-refractivity contribution is 5.90. The zero-order valence-corrected chi connectivity index (χ0v) is 14.8. The van der Waals surface area contributed by atoms with E-state index in [4.69, 9.17) is 19.9 Å². The second kappa shape index (κ2) is 9.22. The maximum absolute atomic E-state index is 11.2. The van der Waals surface area contributed by atoms with Crippen molar-refractivity contribution in [1.29, 1.82) is 0 Å². The summed E-state index contributed by atoms with van der Waals surface area (Å²) in [5.41, 5.74) is 6.00. The lowest BCUT2D eigenvalue weighted by atomic mass is 10.1. The zero-order chi connectivity index (χ0) is 18.9. The normalized spacial score (nSPS) is 11.9. The monoisotopic (exact) mass is 355 g/mol. The van der Waals surface area contributed by atoms with E-state index in [0.717, 1.165) is 10.8 Å². The quantitative estimate of drug-likeness (QED) is 0.292. The van der Waals surface area contributed by atoms with Crippen molar-refractivity contribution in [3.8, 4) is 5.75 Å². The van der Waals surface area contributed by atoms with E-state index in [9.17, 15) is 4.79 Å². The van der Waals surface area contributed by atoms with E-state index in [0.29, 0.717) is 11.3 Å². The molecule has 0 fully saturated rings. The van der Waals surface area contributed by atoms with E-state index in [1.165, 1.54) is 7.05 Å². The number of carbonyl (C=O) groups is 1. The van der Waals surface area contributed by atoms with E-state index in [-0.39, 0.29) is 25.3 Å². The maximum Gasteiger partial charge on any atom is 0.333 e. The average Bonchev–Trinajstić information content (AvgIpc) is 2.64. The summed E-state index contributed by atoms with van der Waals surface area (Å²) in [4.78, 5) is 19.1. The minimum absolute atomic E-state index is 0.0338. The summed E-state index contributed by atoms with van der Waals surface area (Å²) >= 11 is 0. The highest BCUT2D eigenvalue weighted by Crippen LogP contribution is 2.20. The number of esters is 1. The molecule has 0 aliphatic heterocycles. The number of aliphatic imine (C=N–C) groups is 2. The Labute approximate surface area is 151 Å². The van der Waals surface area contributed by atoms with Crippen LogP contribution in [-0.2, 0) is 14.3 Å². The standard InChI is InChI=1S/C19H21N3O4/c1-13(2)17(23)24-10-11-25-18(20)22-19(21-3)26-16-9-8-14-6-4-5-7-15(14)12-16/h4-9,12H,1,10-11H2,2-3H3,(H2,20,21,22). The summed E-state index contributed by atoms with van der Waals surface area (Å²) in [5, 5.41) is 2.14. The van der Waals surface area contributed by atoms with Crippen LogP contribution < -0.4 is 10.5 Å². The van der Waals surface area contributed by atoms with Crippen LogP contribution in [0.3, 0.4) is 0 Å². The number of hydrogen-bond donors (Lipinski definition) is 1. The van der Waals surface area contributed by atoms with Gasteiger partial charge in [0, 0.05) is 12.6 Å². The number of ether oxygens (including phenoxy) is 3. The van der Waals surface area contributed by atoms with Gasteiger partial charge in [0.2, 0.25) is 0 Å². The van der Waals surface area contributed by atoms with Gasteiger partial charge in [0.05, 0.1) is 0 Å². The second-order valence-corrected chi connectivity index (χ2v) is 5.33. The summed E-state index contributed by atoms with van der Waals surface area (Å²) < 4.78 is 15.7. The molecule has 0 saturated heterocycles. The SMILES string of the molecule is C=C(C)C(=O)OCCO/C(N)=N/C(=NC)Oc1ccc2ccccc2c1. The number of rotatable bonds is 5. The first kappa shape index (κ1) is 19.0. The predicted molar refractivity (Wildman–Crippen MR) is 101 cm³/mol. The summed E-state index contributed by atoms with van der Waals surface area (Å²) in [6, 6.07) is 13.5. The molecular weight excluding hydrogens is 334 g/mol. The van der Waals surface area contributed by atoms with E-state index < -0.39 is 5.97 Å². The van der Waals surface area contributed by atoms with Crippen LogP contribution in [0.5, 0.6) is 5.75 Å². The van der Waals surface area contributed by atoms with Crippen LogP contribution in [0.2, 0.25) is 0 Å². The summed E-state index contributed by atoms with van der Waals surface area (Å²) in [5.74, 6) is 0.0933. The van der Waals surface area contributed by atoms with Gasteiger partial charge in [-0.05, 0) is 29.8 Å². The molecule has 2 aromatic carbocycles. The lowest BCUT2D eigenvalue weighted by Crippen LogP contribution is -2.23. The zero-order valence-electron chi connectivity index (χ0n) is 14.8. The third-order valence-electron chi connectivity index (χ3n) is 3.24. The summed E-state index contributed by atoms with van der Waals surface area (Å²) in [6.45, 7) is 5.14. The van der Waals surface area contributed by atoms with Crippen molar-refractivity contribution < 1.29 is 19.0 Å². The first-order chi connectivity index (χ1) is 12.5. The lowest BCUT2D eigenvalue weighted by Gasteiger charge is -2.08. The maximum atomic E-state index is 11.2. The van der Waals surface area contributed by atoms with Gasteiger partial charge < -0.3 is 19.9 Å². The summed E-state index contributed by atoms with van der Waals surface area (Å²) in [6.07, 6.45) is 0. The molecule has 0 heterocycles. The predicted octanol–water partition coefficient (Wildman–Crippen LogP) is 2.66. The van der Waals surface area contributed by atoms with Gasteiger partial charge in [-0.2, -0.15) is 0 Å². The molecule has 0 unspecified atom stereocenters. The van der Waals surface area contributed by atoms with Gasteiger partial charge in [-0.3, -0.25) is 0 Å². The average molecular weight is 355 g/mol. The topological polar surface area (TPSA) is 95.5 Å². The number of fused-ring (bicyclic) bond motifs is 1. The van der Waals surface area contributed by atoms with Crippen LogP contribution in [0.4, 0.5) is 0 Å². The van der Waals surface area contributed by atoms with Crippen molar-refractivity contribution in [2.24, 2.45) is 15.7 Å². The molecule has 0 atom stereocenters. The third kappa shape index (κ3) is 5.62. The first-order valence-corrected chi connectivity index (χ1v) is 7.92. The Bertz CT molecular complexity index is 859. The van der Waals surface area contributed by atoms with Crippen molar-refractivity contribution in [2.75, 3.05) is 20.3 Å². The van der Waals surface area contributed by atoms with Crippen LogP contribution >= 0.6 is 0 Å². The van der Waals surface area contributed by atoms with Gasteiger partial charge in [0.15, 0.2) is 0 Å². The fourth-order valence-electron chi connectivity index (χ4n) is 1.99. The van der Waals surface area contributed by atoms with Crippen molar-refractivity contribution >= 4 is 28.8 Å². The smallest absolute Gasteiger partial charge is 0.333 e. The molecule has 2 N–H and O–H groups in total. The van der Waals surface area contributed by atoms with Gasteiger partial charge in [0.25, 0.3) is 6.02 Å². The summed E-state index contributed by atoms with van der Waals surface area (Å²) in [7, 11) is 1.53. The van der Waals surface area contributed by atoms with Crippen LogP contribution in [0.1, 0.15) is 6.92 Å². The minimum Gasteiger partial charge on any atom is -0.461 e. The third-order valence-corrected chi connectivity index (χ3v) is 3.24. The molecule has 7 heteroatoms. The Morgan fingerprint density at radius 2 is 1.81 bits per heavy atom. The Kier molecular flexibility index (Phi) is 6.73. The fourth-order valence-corrected chi connectivity index (χ4v) is 1.99. The molecule has 2 aromatic rings. The van der Waals surface area contributed by atoms with Gasteiger partial charge in [-0.15, -0.1) is 4.99 Å². The molecule has 26 heavy (non-hydrogen) atoms. The van der Waals surface area contributed by atoms with E-state index in [1.807, 2.05) is 42.5 Å². The molecule has 2 rings (SSSR count). The molecule has 0 spiro atoms. The number of nitrogens with two attached hydrogens (primary N) is 1. The molecule has 0 aromatic heterocycles. The molecule has 0 saturated carbocycles. The van der Waals surface area contributed by atoms with E-state index in [1.54, 1.807) is 6.92 Å². The molecule has 0 aliphatic carbocycles. The van der Waals surface area contributed by atoms with Crippen LogP contribution in [-0.4, -0.2) is 38.3 Å². The lowest BCUT2D eigenvalue weighted by molar-refractivity contribution is -0.139. The van der Waals surface area contributed by atoms with Gasteiger partial charge >= 0.3 is 12.0 Å². The Hall–Kier alpha value is -3.35. The Morgan fingerprint density at radius 1 is 1.12 bits per heavy atom. The Balaban J connectivity index is 1.91.